The fraction of sp³-hybridized carbons (Fsp3) is 0.738. The fourth-order valence-electron chi connectivity index (χ4n) is 5.41. The van der Waals surface area contributed by atoms with E-state index in [0.717, 1.165) is 77.0 Å². The molecular weight excluding hydrogens is 630 g/mol. The number of hydrogen-bond acceptors (Lipinski definition) is 7. The topological polar surface area (TPSA) is 102 Å². The molecule has 0 aromatic heterocycles. The second-order valence-corrected chi connectivity index (χ2v) is 14.1. The van der Waals surface area contributed by atoms with Gasteiger partial charge in [-0.05, 0) is 51.4 Å². The number of ether oxygens (including phenoxy) is 3. The average Bonchev–Trinajstić information content (AvgIpc) is 3.06. The van der Waals surface area contributed by atoms with E-state index >= 15 is 0 Å². The summed E-state index contributed by atoms with van der Waals surface area (Å²) in [5.41, 5.74) is 0. The highest BCUT2D eigenvalue weighted by molar-refractivity contribution is 5.70. The van der Waals surface area contributed by atoms with Crippen LogP contribution in [-0.2, 0) is 28.6 Å². The number of esters is 2. The molecule has 8 nitrogen and oxygen atoms in total. The molecule has 0 fully saturated rings. The lowest BCUT2D eigenvalue weighted by atomic mass is 10.1. The van der Waals surface area contributed by atoms with Crippen LogP contribution in [0.2, 0.25) is 0 Å². The van der Waals surface area contributed by atoms with Crippen molar-refractivity contribution in [2.24, 2.45) is 0 Å². The molecule has 0 heterocycles. The maximum Gasteiger partial charge on any atom is 0.306 e. The van der Waals surface area contributed by atoms with E-state index in [1.165, 1.54) is 38.5 Å². The second-order valence-electron chi connectivity index (χ2n) is 14.1. The Hall–Kier alpha value is -2.71. The SMILES string of the molecule is CC/C=C\C/C=C\C/C=C\C/C=C\CCCCCCC(=O)OC(COCCC(C(=O)[O-])[N+](C)(C)C)COC(=O)CCCCCCCCCCC. The van der Waals surface area contributed by atoms with Crippen LogP contribution in [0.25, 0.3) is 0 Å². The Balaban J connectivity index is 4.44. The highest BCUT2D eigenvalue weighted by atomic mass is 16.6. The van der Waals surface area contributed by atoms with Crippen LogP contribution in [-0.4, -0.2) is 75.5 Å². The van der Waals surface area contributed by atoms with Crippen LogP contribution in [0.3, 0.4) is 0 Å². The number of aliphatic carboxylic acids is 1. The first-order valence-corrected chi connectivity index (χ1v) is 19.7. The molecule has 0 aromatic carbocycles. The zero-order valence-corrected chi connectivity index (χ0v) is 32.5. The van der Waals surface area contributed by atoms with Crippen LogP contribution in [0.1, 0.15) is 149 Å². The Bertz CT molecular complexity index is 964. The molecule has 2 atom stereocenters. The summed E-state index contributed by atoms with van der Waals surface area (Å²) in [5.74, 6) is -1.77. The average molecular weight is 704 g/mol. The zero-order chi connectivity index (χ0) is 37.1. The van der Waals surface area contributed by atoms with Gasteiger partial charge in [0.2, 0.25) is 0 Å². The minimum absolute atomic E-state index is 0.0306. The van der Waals surface area contributed by atoms with Crippen LogP contribution in [0.15, 0.2) is 48.6 Å². The van der Waals surface area contributed by atoms with Crippen molar-refractivity contribution >= 4 is 17.9 Å². The number of carboxylic acids is 1. The smallest absolute Gasteiger partial charge is 0.306 e. The molecule has 0 aromatic rings. The van der Waals surface area contributed by atoms with E-state index < -0.39 is 18.1 Å². The maximum atomic E-state index is 12.6. The summed E-state index contributed by atoms with van der Waals surface area (Å²) in [6.45, 7) is 4.48. The molecule has 0 aliphatic carbocycles. The minimum Gasteiger partial charge on any atom is -0.544 e. The number of likely N-dealkylation sites (N-methyl/N-ethyl adjacent to an activating group) is 1. The van der Waals surface area contributed by atoms with E-state index in [-0.39, 0.29) is 42.7 Å². The van der Waals surface area contributed by atoms with Gasteiger partial charge in [0, 0.05) is 19.3 Å². The van der Waals surface area contributed by atoms with Gasteiger partial charge in [-0.15, -0.1) is 0 Å². The lowest BCUT2D eigenvalue weighted by molar-refractivity contribution is -0.889. The van der Waals surface area contributed by atoms with E-state index in [0.29, 0.717) is 12.8 Å². The Morgan fingerprint density at radius 2 is 1.12 bits per heavy atom. The summed E-state index contributed by atoms with van der Waals surface area (Å²) in [5, 5.41) is 11.6. The molecule has 0 rings (SSSR count). The number of carbonyl (C=O) groups is 3. The largest absolute Gasteiger partial charge is 0.544 e. The molecule has 0 saturated heterocycles. The lowest BCUT2D eigenvalue weighted by Crippen LogP contribution is -2.55. The Morgan fingerprint density at radius 3 is 1.66 bits per heavy atom. The molecule has 0 saturated carbocycles. The summed E-state index contributed by atoms with van der Waals surface area (Å²) in [6, 6.07) is -0.729. The molecule has 0 N–H and O–H groups in total. The second kappa shape index (κ2) is 33.4. The standard InChI is InChI=1S/C42H73NO7/c1-6-8-10-12-14-16-17-18-19-20-21-22-23-25-27-29-31-33-41(45)50-38(36-48-35-34-39(42(46)47)43(3,4)5)37-49-40(44)32-30-28-26-24-15-13-11-9-7-2/h8,10,14,16,18-19,21-22,38-39H,6-7,9,11-13,15,17,20,23-37H2,1-5H3/b10-8-,16-14-,19-18-,22-21-. The minimum atomic E-state index is -1.13. The number of carbonyl (C=O) groups excluding carboxylic acids is 3. The van der Waals surface area contributed by atoms with E-state index in [1.807, 2.05) is 0 Å². The Labute approximate surface area is 306 Å². The van der Waals surface area contributed by atoms with Crippen LogP contribution in [0.4, 0.5) is 0 Å². The Morgan fingerprint density at radius 1 is 0.620 bits per heavy atom. The predicted molar refractivity (Wildman–Crippen MR) is 203 cm³/mol. The number of allylic oxidation sites excluding steroid dienone is 8. The van der Waals surface area contributed by atoms with Crippen molar-refractivity contribution in [3.05, 3.63) is 48.6 Å². The van der Waals surface area contributed by atoms with Crippen LogP contribution >= 0.6 is 0 Å². The maximum absolute atomic E-state index is 12.6. The van der Waals surface area contributed by atoms with Gasteiger partial charge >= 0.3 is 11.9 Å². The van der Waals surface area contributed by atoms with Gasteiger partial charge in [0.25, 0.3) is 0 Å². The Kier molecular flexibility index (Phi) is 31.6. The van der Waals surface area contributed by atoms with Crippen molar-refractivity contribution in [3.63, 3.8) is 0 Å². The van der Waals surface area contributed by atoms with E-state index in [2.05, 4.69) is 62.5 Å². The molecule has 0 aliphatic heterocycles. The van der Waals surface area contributed by atoms with Crippen LogP contribution in [0.5, 0.6) is 0 Å². The van der Waals surface area contributed by atoms with Gasteiger partial charge in [-0.2, -0.15) is 0 Å². The molecule has 0 amide bonds. The molecule has 0 bridgehead atoms. The molecule has 2 unspecified atom stereocenters. The molecule has 0 radical (unpaired) electrons. The van der Waals surface area contributed by atoms with Gasteiger partial charge in [-0.25, -0.2) is 0 Å². The number of carboxylic acid groups (broad SMARTS) is 1. The number of hydrogen-bond donors (Lipinski definition) is 0. The van der Waals surface area contributed by atoms with Gasteiger partial charge in [0.15, 0.2) is 6.10 Å². The van der Waals surface area contributed by atoms with Crippen molar-refractivity contribution < 1.29 is 38.2 Å². The van der Waals surface area contributed by atoms with Crippen LogP contribution in [0, 0.1) is 0 Å². The quantitative estimate of drug-likeness (QED) is 0.0286. The molecule has 0 spiro atoms. The first-order valence-electron chi connectivity index (χ1n) is 19.7. The van der Waals surface area contributed by atoms with Gasteiger partial charge in [0.1, 0.15) is 12.6 Å². The third kappa shape index (κ3) is 31.3. The van der Waals surface area contributed by atoms with Gasteiger partial charge in [-0.3, -0.25) is 9.59 Å². The summed E-state index contributed by atoms with van der Waals surface area (Å²) in [4.78, 5) is 36.6. The summed E-state index contributed by atoms with van der Waals surface area (Å²) >= 11 is 0. The van der Waals surface area contributed by atoms with Gasteiger partial charge in [-0.1, -0.05) is 127 Å². The third-order valence-corrected chi connectivity index (χ3v) is 8.48. The number of unbranched alkanes of at least 4 members (excludes halogenated alkanes) is 12. The lowest BCUT2D eigenvalue weighted by Gasteiger charge is -2.34. The van der Waals surface area contributed by atoms with Crippen molar-refractivity contribution in [1.29, 1.82) is 0 Å². The van der Waals surface area contributed by atoms with Gasteiger partial charge in [0.05, 0.1) is 40.3 Å². The summed E-state index contributed by atoms with van der Waals surface area (Å²) < 4.78 is 17.0. The number of quaternary nitrogens is 1. The third-order valence-electron chi connectivity index (χ3n) is 8.48. The molecule has 0 aliphatic rings. The first kappa shape index (κ1) is 47.3. The first-order chi connectivity index (χ1) is 24.1. The van der Waals surface area contributed by atoms with Gasteiger partial charge < -0.3 is 28.6 Å². The van der Waals surface area contributed by atoms with Crippen molar-refractivity contribution in [2.45, 2.75) is 161 Å². The van der Waals surface area contributed by atoms with Crippen LogP contribution < -0.4 is 5.11 Å². The molecule has 8 heteroatoms. The molecule has 50 heavy (non-hydrogen) atoms. The van der Waals surface area contributed by atoms with Crippen molar-refractivity contribution in [1.82, 2.24) is 0 Å². The molecule has 288 valence electrons. The van der Waals surface area contributed by atoms with Crippen molar-refractivity contribution in [3.8, 4) is 0 Å². The van der Waals surface area contributed by atoms with E-state index in [9.17, 15) is 19.5 Å². The zero-order valence-electron chi connectivity index (χ0n) is 32.5. The highest BCUT2D eigenvalue weighted by Crippen LogP contribution is 2.13. The summed E-state index contributed by atoms with van der Waals surface area (Å²) in [7, 11) is 5.38. The normalized spacial score (nSPS) is 13.5. The highest BCUT2D eigenvalue weighted by Gasteiger charge is 2.25. The van der Waals surface area contributed by atoms with E-state index in [1.54, 1.807) is 21.1 Å². The summed E-state index contributed by atoms with van der Waals surface area (Å²) in [6.07, 6.45) is 37.1. The number of rotatable bonds is 34. The predicted octanol–water partition coefficient (Wildman–Crippen LogP) is 8.74. The number of nitrogens with zero attached hydrogens (tertiary/aromatic N) is 1. The monoisotopic (exact) mass is 704 g/mol. The van der Waals surface area contributed by atoms with Crippen molar-refractivity contribution in [2.75, 3.05) is 41.0 Å². The fourth-order valence-corrected chi connectivity index (χ4v) is 5.41. The van der Waals surface area contributed by atoms with E-state index in [4.69, 9.17) is 14.2 Å². The molecular formula is C42H73NO7.